The summed E-state index contributed by atoms with van der Waals surface area (Å²) in [5, 5.41) is 15.2. The number of aliphatic imine (C=N–C) groups is 1. The number of hydrazone groups is 1. The number of carbonyl (C=O) groups excluding carboxylic acids is 1. The number of nitrogens with one attached hydrogen (secondary N) is 1. The van der Waals surface area contributed by atoms with Crippen molar-refractivity contribution in [1.29, 1.82) is 5.41 Å². The summed E-state index contributed by atoms with van der Waals surface area (Å²) in [7, 11) is 0. The van der Waals surface area contributed by atoms with E-state index in [0.29, 0.717) is 5.17 Å². The Hall–Kier alpha value is -3.36. The van der Waals surface area contributed by atoms with Crippen LogP contribution >= 0.6 is 23.5 Å². The molecule has 2 aromatic carbocycles. The van der Waals surface area contributed by atoms with E-state index in [1.807, 2.05) is 31.2 Å². The molecule has 1 amide bonds. The Balaban J connectivity index is 1.43. The zero-order valence-electron chi connectivity index (χ0n) is 20.0. The summed E-state index contributed by atoms with van der Waals surface area (Å²) in [6.07, 6.45) is 1.77. The van der Waals surface area contributed by atoms with Crippen LogP contribution in [0.2, 0.25) is 0 Å². The zero-order valence-corrected chi connectivity index (χ0v) is 21.6. The average molecular weight is 500 g/mol. The van der Waals surface area contributed by atoms with Crippen LogP contribution in [0, 0.1) is 33.1 Å². The molecule has 0 fully saturated rings. The summed E-state index contributed by atoms with van der Waals surface area (Å²) < 4.78 is 2.97. The van der Waals surface area contributed by atoms with Crippen molar-refractivity contribution in [2.45, 2.75) is 33.4 Å². The zero-order chi connectivity index (χ0) is 24.7. The van der Waals surface area contributed by atoms with E-state index in [4.69, 9.17) is 5.41 Å². The van der Waals surface area contributed by atoms with Crippen LogP contribution in [0.5, 0.6) is 0 Å². The van der Waals surface area contributed by atoms with Crippen molar-refractivity contribution in [2.24, 2.45) is 10.1 Å². The lowest BCUT2D eigenvalue weighted by molar-refractivity contribution is -0.114. The second kappa shape index (κ2) is 9.36. The van der Waals surface area contributed by atoms with Gasteiger partial charge < -0.3 is 4.57 Å². The molecule has 2 aliphatic rings. The highest BCUT2D eigenvalue weighted by atomic mass is 32.2. The first-order valence-corrected chi connectivity index (χ1v) is 13.1. The SMILES string of the molecule is Cc1cccc(-n2c(C)cc(C=C3C(=N)N4N=C(SCc5ccccc5)SC4=NC3=O)c2C)c1C. The fourth-order valence-corrected chi connectivity index (χ4v) is 6.07. The largest absolute Gasteiger partial charge is 0.318 e. The molecule has 0 unspecified atom stereocenters. The van der Waals surface area contributed by atoms with Gasteiger partial charge in [0.25, 0.3) is 5.91 Å². The highest BCUT2D eigenvalue weighted by molar-refractivity contribution is 8.45. The molecule has 3 aromatic rings. The van der Waals surface area contributed by atoms with Crippen LogP contribution in [-0.2, 0) is 10.5 Å². The maximum absolute atomic E-state index is 12.9. The van der Waals surface area contributed by atoms with Crippen molar-refractivity contribution in [3.05, 3.63) is 93.8 Å². The van der Waals surface area contributed by atoms with Gasteiger partial charge in [-0.25, -0.2) is 0 Å². The number of hydrogen-bond acceptors (Lipinski definition) is 5. The van der Waals surface area contributed by atoms with Crippen molar-refractivity contribution in [3.63, 3.8) is 0 Å². The summed E-state index contributed by atoms with van der Waals surface area (Å²) in [5.41, 5.74) is 7.97. The van der Waals surface area contributed by atoms with Crippen LogP contribution in [0.25, 0.3) is 11.8 Å². The van der Waals surface area contributed by atoms with Gasteiger partial charge in [-0.3, -0.25) is 10.2 Å². The Morgan fingerprint density at radius 1 is 1.06 bits per heavy atom. The van der Waals surface area contributed by atoms with Gasteiger partial charge in [0.05, 0.1) is 5.57 Å². The number of rotatable bonds is 4. The van der Waals surface area contributed by atoms with Gasteiger partial charge >= 0.3 is 0 Å². The van der Waals surface area contributed by atoms with Crippen LogP contribution < -0.4 is 0 Å². The van der Waals surface area contributed by atoms with Crippen LogP contribution in [0.4, 0.5) is 0 Å². The van der Waals surface area contributed by atoms with E-state index in [2.05, 4.69) is 65.8 Å². The van der Waals surface area contributed by atoms with Gasteiger partial charge in [0.15, 0.2) is 10.2 Å². The molecule has 0 aliphatic carbocycles. The third kappa shape index (κ3) is 4.39. The fourth-order valence-electron chi connectivity index (χ4n) is 4.19. The Morgan fingerprint density at radius 3 is 2.60 bits per heavy atom. The summed E-state index contributed by atoms with van der Waals surface area (Å²) in [6.45, 7) is 8.32. The van der Waals surface area contributed by atoms with Crippen molar-refractivity contribution in [3.8, 4) is 5.69 Å². The average Bonchev–Trinajstić information content (AvgIpc) is 3.38. The van der Waals surface area contributed by atoms with Gasteiger partial charge in [-0.2, -0.15) is 10.0 Å². The summed E-state index contributed by atoms with van der Waals surface area (Å²) in [4.78, 5) is 17.2. The number of aryl methyl sites for hydroxylation is 2. The van der Waals surface area contributed by atoms with E-state index in [1.165, 1.54) is 33.5 Å². The van der Waals surface area contributed by atoms with Crippen molar-refractivity contribution >= 4 is 50.9 Å². The molecular weight excluding hydrogens is 474 g/mol. The first kappa shape index (κ1) is 23.4. The maximum atomic E-state index is 12.9. The fraction of sp³-hybridized carbons (Fsp3) is 0.185. The minimum atomic E-state index is -0.408. The molecule has 0 spiro atoms. The molecule has 8 heteroatoms. The number of thioether (sulfide) groups is 2. The lowest BCUT2D eigenvalue weighted by atomic mass is 10.1. The first-order valence-electron chi connectivity index (χ1n) is 11.3. The molecule has 2 aliphatic heterocycles. The molecule has 0 radical (unpaired) electrons. The molecule has 3 heterocycles. The van der Waals surface area contributed by atoms with Gasteiger partial charge in [0.1, 0.15) is 0 Å². The number of hydrogen-bond donors (Lipinski definition) is 1. The second-order valence-corrected chi connectivity index (χ2v) is 10.7. The molecule has 6 nitrogen and oxygen atoms in total. The van der Waals surface area contributed by atoms with Gasteiger partial charge in [-0.05, 0) is 79.9 Å². The lowest BCUT2D eigenvalue weighted by Crippen LogP contribution is -2.35. The van der Waals surface area contributed by atoms with E-state index >= 15 is 0 Å². The summed E-state index contributed by atoms with van der Waals surface area (Å²) in [5.74, 6) is 0.413. The Morgan fingerprint density at radius 2 is 1.83 bits per heavy atom. The predicted octanol–water partition coefficient (Wildman–Crippen LogP) is 6.22. The monoisotopic (exact) mass is 499 g/mol. The third-order valence-electron chi connectivity index (χ3n) is 6.23. The lowest BCUT2D eigenvalue weighted by Gasteiger charge is -2.20. The van der Waals surface area contributed by atoms with Gasteiger partial charge in [-0.15, -0.1) is 5.10 Å². The van der Waals surface area contributed by atoms with E-state index in [9.17, 15) is 4.79 Å². The second-order valence-electron chi connectivity index (χ2n) is 8.54. The van der Waals surface area contributed by atoms with Crippen LogP contribution in [-0.4, -0.2) is 30.9 Å². The van der Waals surface area contributed by atoms with Crippen LogP contribution in [0.1, 0.15) is 33.6 Å². The Bertz CT molecular complexity index is 1450. The van der Waals surface area contributed by atoms with E-state index in [-0.39, 0.29) is 11.4 Å². The quantitative estimate of drug-likeness (QED) is 0.433. The smallest absolute Gasteiger partial charge is 0.283 e. The molecule has 1 aromatic heterocycles. The molecule has 35 heavy (non-hydrogen) atoms. The van der Waals surface area contributed by atoms with E-state index < -0.39 is 5.91 Å². The molecule has 0 atom stereocenters. The normalized spacial score (nSPS) is 16.6. The van der Waals surface area contributed by atoms with E-state index in [0.717, 1.165) is 32.8 Å². The molecule has 176 valence electrons. The highest BCUT2D eigenvalue weighted by Crippen LogP contribution is 2.34. The number of fused-ring (bicyclic) bond motifs is 1. The number of aromatic nitrogens is 1. The topological polar surface area (TPSA) is 73.8 Å². The Labute approximate surface area is 213 Å². The van der Waals surface area contributed by atoms with Crippen LogP contribution in [0.15, 0.2) is 70.3 Å². The van der Waals surface area contributed by atoms with Gasteiger partial charge in [-0.1, -0.05) is 54.2 Å². The predicted molar refractivity (Wildman–Crippen MR) is 147 cm³/mol. The number of amides is 1. The highest BCUT2D eigenvalue weighted by Gasteiger charge is 2.36. The van der Waals surface area contributed by atoms with Crippen molar-refractivity contribution in [2.75, 3.05) is 0 Å². The number of amidine groups is 2. The molecule has 0 saturated carbocycles. The van der Waals surface area contributed by atoms with E-state index in [1.54, 1.807) is 17.8 Å². The van der Waals surface area contributed by atoms with Crippen molar-refractivity contribution < 1.29 is 4.79 Å². The molecular formula is C27H25N5OS2. The number of carbonyl (C=O) groups is 1. The first-order chi connectivity index (χ1) is 16.8. The minimum Gasteiger partial charge on any atom is -0.318 e. The van der Waals surface area contributed by atoms with Gasteiger partial charge in [0, 0.05) is 22.8 Å². The molecule has 0 saturated heterocycles. The molecule has 1 N–H and O–H groups in total. The van der Waals surface area contributed by atoms with Crippen molar-refractivity contribution in [1.82, 2.24) is 9.58 Å². The Kier molecular flexibility index (Phi) is 6.25. The minimum absolute atomic E-state index is 0.0550. The molecule has 0 bridgehead atoms. The third-order valence-corrected chi connectivity index (χ3v) is 8.34. The number of nitrogens with zero attached hydrogens (tertiary/aromatic N) is 4. The summed E-state index contributed by atoms with van der Waals surface area (Å²) >= 11 is 2.91. The van der Waals surface area contributed by atoms with Gasteiger partial charge in [0.2, 0.25) is 5.17 Å². The van der Waals surface area contributed by atoms with Crippen LogP contribution in [0.3, 0.4) is 0 Å². The molecule has 5 rings (SSSR count). The summed E-state index contributed by atoms with van der Waals surface area (Å²) in [6, 6.07) is 18.5. The maximum Gasteiger partial charge on any atom is 0.283 e. The standard InChI is InChI=1S/C27H25N5OS2/c1-16-9-8-12-23(18(16)3)31-17(2)13-21(19(31)4)14-22-24(28)32-26(29-25(22)33)35-27(30-32)34-15-20-10-6-5-7-11-20/h5-14,28H,15H2,1-4H3. The number of benzene rings is 2.